The number of nitrogens with one attached hydrogen (secondary N) is 1. The highest BCUT2D eigenvalue weighted by Gasteiger charge is 2.25. The van der Waals surface area contributed by atoms with E-state index in [1.54, 1.807) is 6.33 Å². The summed E-state index contributed by atoms with van der Waals surface area (Å²) in [5.74, 6) is 0.913. The zero-order valence-corrected chi connectivity index (χ0v) is 16.2. The maximum Gasteiger partial charge on any atom is 0.162 e. The third-order valence-electron chi connectivity index (χ3n) is 5.13. The molecule has 26 heavy (non-hydrogen) atoms. The number of aryl methyl sites for hydroxylation is 2. The minimum Gasteiger partial charge on any atom is -0.492 e. The zero-order valence-electron chi connectivity index (χ0n) is 15.4. The minimum atomic E-state index is -0.0644. The fourth-order valence-corrected chi connectivity index (χ4v) is 3.88. The largest absolute Gasteiger partial charge is 0.492 e. The maximum atomic E-state index is 6.55. The van der Waals surface area contributed by atoms with Gasteiger partial charge in [0.25, 0.3) is 0 Å². The van der Waals surface area contributed by atoms with Crippen molar-refractivity contribution in [2.45, 2.75) is 40.3 Å². The van der Waals surface area contributed by atoms with E-state index in [1.807, 2.05) is 31.5 Å². The lowest BCUT2D eigenvalue weighted by Gasteiger charge is -2.21. The van der Waals surface area contributed by atoms with Crippen molar-refractivity contribution in [2.75, 3.05) is 13.2 Å². The quantitative estimate of drug-likeness (QED) is 0.746. The van der Waals surface area contributed by atoms with Gasteiger partial charge in [-0.3, -0.25) is 0 Å². The van der Waals surface area contributed by atoms with E-state index in [9.17, 15) is 0 Å². The molecule has 1 aliphatic heterocycles. The molecule has 4 rings (SSSR count). The Bertz CT molecular complexity index is 997. The van der Waals surface area contributed by atoms with Crippen molar-refractivity contribution < 1.29 is 4.74 Å². The molecule has 136 valence electrons. The summed E-state index contributed by atoms with van der Waals surface area (Å²) >= 11 is 6.55. The minimum absolute atomic E-state index is 0.0644. The van der Waals surface area contributed by atoms with E-state index >= 15 is 0 Å². The predicted molar refractivity (Wildman–Crippen MR) is 102 cm³/mol. The van der Waals surface area contributed by atoms with Crippen molar-refractivity contribution in [3.05, 3.63) is 45.5 Å². The Kier molecular flexibility index (Phi) is 4.32. The van der Waals surface area contributed by atoms with Gasteiger partial charge in [0.05, 0.1) is 22.8 Å². The Balaban J connectivity index is 1.92. The van der Waals surface area contributed by atoms with Crippen molar-refractivity contribution in [3.63, 3.8) is 0 Å². The van der Waals surface area contributed by atoms with Crippen LogP contribution in [0.3, 0.4) is 0 Å². The topological polar surface area (TPSA) is 64.9 Å². The van der Waals surface area contributed by atoms with Crippen molar-refractivity contribution >= 4 is 22.6 Å². The van der Waals surface area contributed by atoms with Gasteiger partial charge in [-0.25, -0.2) is 14.6 Å². The number of rotatable bonds is 2. The highest BCUT2D eigenvalue weighted by Crippen LogP contribution is 2.38. The molecule has 0 radical (unpaired) electrons. The lowest BCUT2D eigenvalue weighted by molar-refractivity contribution is 0.319. The molecule has 1 aliphatic rings. The highest BCUT2D eigenvalue weighted by molar-refractivity contribution is 6.31. The second-order valence-corrected chi connectivity index (χ2v) is 7.18. The average Bonchev–Trinajstić information content (AvgIpc) is 2.80. The van der Waals surface area contributed by atoms with Crippen LogP contribution in [0.25, 0.3) is 11.0 Å². The maximum absolute atomic E-state index is 6.55. The first-order valence-corrected chi connectivity index (χ1v) is 9.18. The molecule has 0 fully saturated rings. The molecule has 1 unspecified atom stereocenters. The lowest BCUT2D eigenvalue weighted by atomic mass is 9.98. The summed E-state index contributed by atoms with van der Waals surface area (Å²) in [5, 5.41) is 9.90. The molecule has 0 aliphatic carbocycles. The van der Waals surface area contributed by atoms with Crippen LogP contribution >= 0.6 is 11.6 Å². The molecule has 0 spiro atoms. The molecule has 0 bridgehead atoms. The van der Waals surface area contributed by atoms with E-state index < -0.39 is 0 Å². The molecular weight excluding hydrogens is 350 g/mol. The molecule has 3 aromatic rings. The van der Waals surface area contributed by atoms with Gasteiger partial charge in [-0.15, -0.1) is 0 Å². The highest BCUT2D eigenvalue weighted by atomic mass is 35.5. The SMILES string of the molecule is Cc1c(Cl)cc(C(C)n2nc(C)c3c(C)ncnc32)c2c1CNCCO2. The van der Waals surface area contributed by atoms with Gasteiger partial charge in [-0.05, 0) is 39.3 Å². The molecule has 0 saturated heterocycles. The third-order valence-corrected chi connectivity index (χ3v) is 5.52. The van der Waals surface area contributed by atoms with Crippen LogP contribution in [-0.4, -0.2) is 32.9 Å². The molecule has 0 saturated carbocycles. The molecule has 2 aromatic heterocycles. The molecule has 0 amide bonds. The Morgan fingerprint density at radius 2 is 2.04 bits per heavy atom. The van der Waals surface area contributed by atoms with Gasteiger partial charge < -0.3 is 10.1 Å². The second-order valence-electron chi connectivity index (χ2n) is 6.77. The summed E-state index contributed by atoms with van der Waals surface area (Å²) in [6.07, 6.45) is 1.59. The van der Waals surface area contributed by atoms with Crippen LogP contribution in [0.4, 0.5) is 0 Å². The van der Waals surface area contributed by atoms with E-state index in [-0.39, 0.29) is 6.04 Å². The van der Waals surface area contributed by atoms with Gasteiger partial charge in [-0.2, -0.15) is 5.10 Å². The van der Waals surface area contributed by atoms with Crippen LogP contribution in [-0.2, 0) is 6.54 Å². The van der Waals surface area contributed by atoms with Crippen LogP contribution in [0.2, 0.25) is 5.02 Å². The van der Waals surface area contributed by atoms with E-state index in [2.05, 4.69) is 22.2 Å². The second kappa shape index (κ2) is 6.52. The molecular formula is C19H22ClN5O. The van der Waals surface area contributed by atoms with Crippen LogP contribution in [0.15, 0.2) is 12.4 Å². The van der Waals surface area contributed by atoms with E-state index in [0.29, 0.717) is 6.61 Å². The first-order valence-electron chi connectivity index (χ1n) is 8.80. The van der Waals surface area contributed by atoms with Gasteiger partial charge in [0.2, 0.25) is 0 Å². The number of halogens is 1. The van der Waals surface area contributed by atoms with Gasteiger partial charge in [0.15, 0.2) is 5.65 Å². The molecule has 3 heterocycles. The fourth-order valence-electron chi connectivity index (χ4n) is 3.65. The first-order chi connectivity index (χ1) is 12.5. The molecule has 1 atom stereocenters. The standard InChI is InChI=1S/C19H22ClN5O/c1-10-15-8-21-5-6-26-18(15)14(7-16(10)20)13(4)25-19-17(12(3)24-25)11(2)22-9-23-19/h7,9,13,21H,5-6,8H2,1-4H3. The van der Waals surface area contributed by atoms with Gasteiger partial charge in [0, 0.05) is 29.2 Å². The number of ether oxygens (including phenoxy) is 1. The van der Waals surface area contributed by atoms with E-state index in [4.69, 9.17) is 21.4 Å². The molecule has 6 nitrogen and oxygen atoms in total. The zero-order chi connectivity index (χ0) is 18.4. The predicted octanol–water partition coefficient (Wildman–Crippen LogP) is 3.50. The number of hydrogen-bond donors (Lipinski definition) is 1. The summed E-state index contributed by atoms with van der Waals surface area (Å²) in [6.45, 7) is 10.3. The van der Waals surface area contributed by atoms with Crippen molar-refractivity contribution in [2.24, 2.45) is 0 Å². The molecule has 1 N–H and O–H groups in total. The summed E-state index contributed by atoms with van der Waals surface area (Å²) in [6, 6.07) is 1.94. The smallest absolute Gasteiger partial charge is 0.162 e. The van der Waals surface area contributed by atoms with Crippen LogP contribution in [0, 0.1) is 20.8 Å². The van der Waals surface area contributed by atoms with E-state index in [0.717, 1.165) is 63.0 Å². The Hall–Kier alpha value is -2.18. The van der Waals surface area contributed by atoms with Gasteiger partial charge >= 0.3 is 0 Å². The van der Waals surface area contributed by atoms with Crippen molar-refractivity contribution in [1.29, 1.82) is 0 Å². The number of hydrogen-bond acceptors (Lipinski definition) is 5. The third kappa shape index (κ3) is 2.64. The van der Waals surface area contributed by atoms with Crippen molar-refractivity contribution in [1.82, 2.24) is 25.1 Å². The van der Waals surface area contributed by atoms with Crippen molar-refractivity contribution in [3.8, 4) is 5.75 Å². The molecule has 7 heteroatoms. The number of nitrogens with zero attached hydrogens (tertiary/aromatic N) is 4. The Morgan fingerprint density at radius 3 is 2.85 bits per heavy atom. The van der Waals surface area contributed by atoms with Crippen LogP contribution < -0.4 is 10.1 Å². The van der Waals surface area contributed by atoms with Crippen LogP contribution in [0.5, 0.6) is 5.75 Å². The summed E-state index contributed by atoms with van der Waals surface area (Å²) < 4.78 is 8.05. The number of fused-ring (bicyclic) bond motifs is 2. The lowest BCUT2D eigenvalue weighted by Crippen LogP contribution is -2.16. The summed E-state index contributed by atoms with van der Waals surface area (Å²) in [5.41, 5.74) is 5.91. The summed E-state index contributed by atoms with van der Waals surface area (Å²) in [7, 11) is 0. The van der Waals surface area contributed by atoms with E-state index in [1.165, 1.54) is 0 Å². The summed E-state index contributed by atoms with van der Waals surface area (Å²) in [4.78, 5) is 8.79. The Morgan fingerprint density at radius 1 is 1.23 bits per heavy atom. The monoisotopic (exact) mass is 371 g/mol. The Labute approximate surface area is 157 Å². The normalized spacial score (nSPS) is 15.4. The average molecular weight is 372 g/mol. The number of aromatic nitrogens is 4. The first kappa shape index (κ1) is 17.2. The van der Waals surface area contributed by atoms with Gasteiger partial charge in [0.1, 0.15) is 18.7 Å². The fraction of sp³-hybridized carbons (Fsp3) is 0.421. The molecule has 1 aromatic carbocycles. The van der Waals surface area contributed by atoms with Gasteiger partial charge in [-0.1, -0.05) is 11.6 Å². The number of benzene rings is 1. The van der Waals surface area contributed by atoms with Crippen LogP contribution in [0.1, 0.15) is 41.0 Å².